The molecule has 4 heteroatoms. The average Bonchev–Trinajstić information content (AvgIpc) is 2.83. The van der Waals surface area contributed by atoms with Crippen molar-refractivity contribution >= 4 is 16.7 Å². The van der Waals surface area contributed by atoms with Gasteiger partial charge in [0.05, 0.1) is 12.6 Å². The molecule has 3 N–H and O–H groups in total. The lowest BCUT2D eigenvalue weighted by molar-refractivity contribution is 0.414. The van der Waals surface area contributed by atoms with Gasteiger partial charge in [0.25, 0.3) is 0 Å². The molecule has 1 heterocycles. The Morgan fingerprint density at radius 1 is 1.14 bits per heavy atom. The number of hydrogen-bond acceptors (Lipinski definition) is 3. The monoisotopic (exact) mass is 296 g/mol. The molecule has 0 saturated carbocycles. The number of ether oxygens (including phenoxy) is 1. The quantitative estimate of drug-likeness (QED) is 0.670. The largest absolute Gasteiger partial charge is 0.504 e. The number of H-pyrrole nitrogens is 1. The van der Waals surface area contributed by atoms with Gasteiger partial charge in [-0.05, 0) is 48.7 Å². The van der Waals surface area contributed by atoms with E-state index in [2.05, 4.69) is 22.4 Å². The van der Waals surface area contributed by atoms with Crippen LogP contribution >= 0.6 is 0 Å². The highest BCUT2D eigenvalue weighted by Gasteiger charge is 2.09. The van der Waals surface area contributed by atoms with Crippen molar-refractivity contribution in [2.75, 3.05) is 19.0 Å². The van der Waals surface area contributed by atoms with Crippen LogP contribution in [0.5, 0.6) is 11.5 Å². The number of hydrogen-bond donors (Lipinski definition) is 3. The average molecular weight is 296 g/mol. The number of aromatic nitrogens is 1. The summed E-state index contributed by atoms with van der Waals surface area (Å²) in [4.78, 5) is 3.23. The first-order valence-corrected chi connectivity index (χ1v) is 7.35. The van der Waals surface area contributed by atoms with Gasteiger partial charge in [-0.15, -0.1) is 0 Å². The summed E-state index contributed by atoms with van der Waals surface area (Å²) in [6.07, 6.45) is 0.873. The molecule has 0 aliphatic rings. The molecule has 0 bridgehead atoms. The number of aryl methyl sites for hydroxylation is 1. The van der Waals surface area contributed by atoms with Gasteiger partial charge in [-0.25, -0.2) is 0 Å². The van der Waals surface area contributed by atoms with E-state index in [1.54, 1.807) is 7.11 Å². The molecule has 3 rings (SSSR count). The Kier molecular flexibility index (Phi) is 3.92. The lowest BCUT2D eigenvalue weighted by atomic mass is 10.1. The van der Waals surface area contributed by atoms with Crippen LogP contribution in [0.25, 0.3) is 10.9 Å². The van der Waals surface area contributed by atoms with Crippen LogP contribution in [0, 0.1) is 6.92 Å². The van der Waals surface area contributed by atoms with E-state index in [1.807, 2.05) is 37.3 Å². The van der Waals surface area contributed by atoms with Crippen LogP contribution in [0.3, 0.4) is 0 Å². The van der Waals surface area contributed by atoms with E-state index in [9.17, 15) is 5.11 Å². The van der Waals surface area contributed by atoms with Gasteiger partial charge < -0.3 is 20.1 Å². The van der Waals surface area contributed by atoms with Gasteiger partial charge in [-0.1, -0.05) is 18.2 Å². The molecule has 22 heavy (non-hydrogen) atoms. The number of anilines is 1. The second-order valence-corrected chi connectivity index (χ2v) is 5.42. The van der Waals surface area contributed by atoms with Gasteiger partial charge in [0.15, 0.2) is 5.75 Å². The van der Waals surface area contributed by atoms with Crippen LogP contribution in [-0.2, 0) is 6.42 Å². The molecular formula is C18H20N2O2. The van der Waals surface area contributed by atoms with Crippen LogP contribution in [0.15, 0.2) is 42.5 Å². The molecule has 0 amide bonds. The number of fused-ring (bicyclic) bond motifs is 1. The fraction of sp³-hybridized carbons (Fsp3) is 0.222. The molecule has 3 aromatic rings. The summed E-state index contributed by atoms with van der Waals surface area (Å²) in [6, 6.07) is 14.0. The fourth-order valence-electron chi connectivity index (χ4n) is 2.55. The van der Waals surface area contributed by atoms with Crippen LogP contribution in [-0.4, -0.2) is 23.7 Å². The van der Waals surface area contributed by atoms with Gasteiger partial charge in [0.2, 0.25) is 0 Å². The van der Waals surface area contributed by atoms with Crippen molar-refractivity contribution in [2.45, 2.75) is 13.3 Å². The van der Waals surface area contributed by atoms with E-state index in [4.69, 9.17) is 4.74 Å². The maximum absolute atomic E-state index is 10.2. The Labute approximate surface area is 129 Å². The van der Waals surface area contributed by atoms with E-state index in [-0.39, 0.29) is 5.75 Å². The predicted octanol–water partition coefficient (Wildman–Crippen LogP) is 3.85. The van der Waals surface area contributed by atoms with Crippen LogP contribution in [0.2, 0.25) is 0 Å². The topological polar surface area (TPSA) is 57.3 Å². The number of rotatable bonds is 5. The normalized spacial score (nSPS) is 10.8. The molecule has 0 aliphatic carbocycles. The van der Waals surface area contributed by atoms with Crippen molar-refractivity contribution in [3.05, 3.63) is 53.6 Å². The zero-order valence-electron chi connectivity index (χ0n) is 12.8. The molecular weight excluding hydrogens is 276 g/mol. The predicted molar refractivity (Wildman–Crippen MR) is 89.9 cm³/mol. The van der Waals surface area contributed by atoms with Gasteiger partial charge in [-0.2, -0.15) is 0 Å². The summed E-state index contributed by atoms with van der Waals surface area (Å²) in [5.74, 6) is 1.82. The molecule has 4 nitrogen and oxygen atoms in total. The molecule has 0 aliphatic heterocycles. The standard InChI is InChI=1S/C18H20N2O2/c1-12-3-8-15-16(11-12)20-18(17(15)21)19-10-9-13-4-6-14(22-2)7-5-13/h3-8,11,19-21H,9-10H2,1-2H3. The molecule has 0 radical (unpaired) electrons. The zero-order chi connectivity index (χ0) is 15.5. The van der Waals surface area contributed by atoms with Crippen molar-refractivity contribution in [3.8, 4) is 11.5 Å². The SMILES string of the molecule is COc1ccc(CCNc2[nH]c3cc(C)ccc3c2O)cc1. The maximum atomic E-state index is 10.2. The number of methoxy groups -OCH3 is 1. The molecule has 0 saturated heterocycles. The maximum Gasteiger partial charge on any atom is 0.165 e. The zero-order valence-corrected chi connectivity index (χ0v) is 12.8. The summed E-state index contributed by atoms with van der Waals surface area (Å²) in [5.41, 5.74) is 3.34. The number of nitrogens with one attached hydrogen (secondary N) is 2. The lowest BCUT2D eigenvalue weighted by Crippen LogP contribution is -2.05. The van der Waals surface area contributed by atoms with Crippen molar-refractivity contribution in [2.24, 2.45) is 0 Å². The Hall–Kier alpha value is -2.62. The Morgan fingerprint density at radius 2 is 1.91 bits per heavy atom. The number of aromatic hydroxyl groups is 1. The smallest absolute Gasteiger partial charge is 0.165 e. The fourth-order valence-corrected chi connectivity index (χ4v) is 2.55. The minimum Gasteiger partial charge on any atom is -0.504 e. The Bertz CT molecular complexity index is 776. The molecule has 2 aromatic carbocycles. The van der Waals surface area contributed by atoms with E-state index < -0.39 is 0 Å². The summed E-state index contributed by atoms with van der Waals surface area (Å²) in [6.45, 7) is 2.78. The van der Waals surface area contributed by atoms with E-state index >= 15 is 0 Å². The van der Waals surface area contributed by atoms with Crippen LogP contribution in [0.1, 0.15) is 11.1 Å². The minimum atomic E-state index is 0.282. The highest BCUT2D eigenvalue weighted by Crippen LogP contribution is 2.33. The first-order valence-electron chi connectivity index (χ1n) is 7.35. The molecule has 0 fully saturated rings. The molecule has 1 aromatic heterocycles. The van der Waals surface area contributed by atoms with Crippen molar-refractivity contribution in [1.82, 2.24) is 4.98 Å². The van der Waals surface area contributed by atoms with Crippen molar-refractivity contribution < 1.29 is 9.84 Å². The first kappa shape index (κ1) is 14.3. The Morgan fingerprint density at radius 3 is 2.64 bits per heavy atom. The molecule has 0 unspecified atom stereocenters. The van der Waals surface area contributed by atoms with E-state index in [0.717, 1.165) is 29.6 Å². The third kappa shape index (κ3) is 2.86. The Balaban J connectivity index is 1.67. The van der Waals surface area contributed by atoms with Crippen molar-refractivity contribution in [3.63, 3.8) is 0 Å². The molecule has 114 valence electrons. The van der Waals surface area contributed by atoms with E-state index in [1.165, 1.54) is 11.1 Å². The third-order valence-electron chi connectivity index (χ3n) is 3.80. The summed E-state index contributed by atoms with van der Waals surface area (Å²) in [7, 11) is 1.66. The van der Waals surface area contributed by atoms with Crippen LogP contribution in [0.4, 0.5) is 5.82 Å². The minimum absolute atomic E-state index is 0.282. The van der Waals surface area contributed by atoms with Gasteiger partial charge >= 0.3 is 0 Å². The second kappa shape index (κ2) is 6.02. The number of benzene rings is 2. The summed E-state index contributed by atoms with van der Waals surface area (Å²) in [5, 5.41) is 14.3. The van der Waals surface area contributed by atoms with Gasteiger partial charge in [0, 0.05) is 11.9 Å². The summed E-state index contributed by atoms with van der Waals surface area (Å²) < 4.78 is 5.15. The van der Waals surface area contributed by atoms with Crippen LogP contribution < -0.4 is 10.1 Å². The third-order valence-corrected chi connectivity index (χ3v) is 3.80. The molecule has 0 spiro atoms. The highest BCUT2D eigenvalue weighted by atomic mass is 16.5. The van der Waals surface area contributed by atoms with Gasteiger partial charge in [0.1, 0.15) is 11.6 Å². The first-order chi connectivity index (χ1) is 10.7. The number of aromatic amines is 1. The lowest BCUT2D eigenvalue weighted by Gasteiger charge is -2.06. The summed E-state index contributed by atoms with van der Waals surface area (Å²) >= 11 is 0. The van der Waals surface area contributed by atoms with E-state index in [0.29, 0.717) is 5.82 Å². The highest BCUT2D eigenvalue weighted by molar-refractivity contribution is 5.92. The second-order valence-electron chi connectivity index (χ2n) is 5.42. The van der Waals surface area contributed by atoms with Gasteiger partial charge in [-0.3, -0.25) is 0 Å². The molecule has 0 atom stereocenters. The van der Waals surface area contributed by atoms with Crippen molar-refractivity contribution in [1.29, 1.82) is 0 Å².